The number of nitrogens with two attached hydrogens (primary N) is 1. The van der Waals surface area contributed by atoms with E-state index in [-0.39, 0.29) is 17.3 Å². The van der Waals surface area contributed by atoms with Gasteiger partial charge in [0.15, 0.2) is 0 Å². The van der Waals surface area contributed by atoms with Gasteiger partial charge in [-0.05, 0) is 43.7 Å². The van der Waals surface area contributed by atoms with Gasteiger partial charge in [0.1, 0.15) is 12.4 Å². The third kappa shape index (κ3) is 4.13. The molecule has 1 aromatic rings. The van der Waals surface area contributed by atoms with Crippen LogP contribution in [0.25, 0.3) is 0 Å². The number of sulfonamides is 1. The zero-order chi connectivity index (χ0) is 12.3. The molecule has 2 rings (SSSR count). The van der Waals surface area contributed by atoms with E-state index in [0.717, 1.165) is 13.0 Å². The first-order valence-corrected chi connectivity index (χ1v) is 7.09. The topological polar surface area (TPSA) is 81.4 Å². The van der Waals surface area contributed by atoms with Crippen molar-refractivity contribution in [1.82, 2.24) is 5.32 Å². The van der Waals surface area contributed by atoms with Gasteiger partial charge in [0, 0.05) is 6.04 Å². The monoisotopic (exact) mass is 292 g/mol. The van der Waals surface area contributed by atoms with Crippen LogP contribution in [-0.4, -0.2) is 27.6 Å². The Bertz CT molecular complexity index is 470. The Balaban J connectivity index is 0.00000162. The van der Waals surface area contributed by atoms with Gasteiger partial charge in [-0.3, -0.25) is 0 Å². The van der Waals surface area contributed by atoms with Crippen LogP contribution in [0.1, 0.15) is 12.8 Å². The summed E-state index contributed by atoms with van der Waals surface area (Å²) in [6.07, 6.45) is 2.30. The first kappa shape index (κ1) is 15.2. The molecule has 0 bridgehead atoms. The lowest BCUT2D eigenvalue weighted by Gasteiger charge is -2.12. The number of benzene rings is 1. The van der Waals surface area contributed by atoms with Gasteiger partial charge in [0.25, 0.3) is 0 Å². The van der Waals surface area contributed by atoms with Gasteiger partial charge in [0.05, 0.1) is 4.90 Å². The number of rotatable bonds is 4. The largest absolute Gasteiger partial charge is 0.492 e. The number of hydrogen-bond acceptors (Lipinski definition) is 4. The molecule has 1 aromatic carbocycles. The Morgan fingerprint density at radius 3 is 2.50 bits per heavy atom. The van der Waals surface area contributed by atoms with Crippen LogP contribution in [0.15, 0.2) is 29.2 Å². The van der Waals surface area contributed by atoms with Crippen molar-refractivity contribution >= 4 is 22.4 Å². The van der Waals surface area contributed by atoms with Crippen molar-refractivity contribution in [2.45, 2.75) is 23.8 Å². The van der Waals surface area contributed by atoms with Crippen LogP contribution < -0.4 is 15.2 Å². The van der Waals surface area contributed by atoms with Crippen molar-refractivity contribution < 1.29 is 13.2 Å². The predicted molar refractivity (Wildman–Crippen MR) is 71.6 cm³/mol. The number of hydrogen-bond donors (Lipinski definition) is 2. The Morgan fingerprint density at radius 1 is 1.33 bits per heavy atom. The smallest absolute Gasteiger partial charge is 0.238 e. The predicted octanol–water partition coefficient (Wildman–Crippen LogP) is 0.887. The van der Waals surface area contributed by atoms with Gasteiger partial charge < -0.3 is 10.1 Å². The Labute approximate surface area is 113 Å². The number of nitrogens with one attached hydrogen (secondary N) is 1. The third-order valence-corrected chi connectivity index (χ3v) is 3.70. The van der Waals surface area contributed by atoms with E-state index in [0.29, 0.717) is 18.4 Å². The summed E-state index contributed by atoms with van der Waals surface area (Å²) in [4.78, 5) is 0.101. The van der Waals surface area contributed by atoms with Gasteiger partial charge in [-0.1, -0.05) is 0 Å². The van der Waals surface area contributed by atoms with Crippen molar-refractivity contribution in [3.05, 3.63) is 24.3 Å². The summed E-state index contributed by atoms with van der Waals surface area (Å²) in [6, 6.07) is 6.54. The van der Waals surface area contributed by atoms with Crippen molar-refractivity contribution in [3.63, 3.8) is 0 Å². The van der Waals surface area contributed by atoms with Crippen molar-refractivity contribution in [3.8, 4) is 5.75 Å². The quantitative estimate of drug-likeness (QED) is 0.863. The molecule has 0 aliphatic carbocycles. The SMILES string of the molecule is Cl.NS(=O)(=O)c1ccc(OCC2CCCN2)cc1. The molecule has 5 nitrogen and oxygen atoms in total. The molecule has 0 amide bonds. The van der Waals surface area contributed by atoms with Crippen LogP contribution in [0.4, 0.5) is 0 Å². The molecule has 0 aromatic heterocycles. The van der Waals surface area contributed by atoms with Crippen LogP contribution in [0.5, 0.6) is 5.75 Å². The lowest BCUT2D eigenvalue weighted by molar-refractivity contribution is 0.277. The van der Waals surface area contributed by atoms with Gasteiger partial charge in [-0.2, -0.15) is 0 Å². The Morgan fingerprint density at radius 2 is 2.00 bits per heavy atom. The molecule has 0 saturated carbocycles. The highest BCUT2D eigenvalue weighted by Crippen LogP contribution is 2.16. The minimum Gasteiger partial charge on any atom is -0.492 e. The average molecular weight is 293 g/mol. The molecule has 1 fully saturated rings. The molecular weight excluding hydrogens is 276 g/mol. The maximum Gasteiger partial charge on any atom is 0.238 e. The van der Waals surface area contributed by atoms with Gasteiger partial charge in [-0.15, -0.1) is 12.4 Å². The average Bonchev–Trinajstić information content (AvgIpc) is 2.78. The Hall–Kier alpha value is -0.820. The highest BCUT2D eigenvalue weighted by molar-refractivity contribution is 7.89. The molecule has 1 heterocycles. The normalized spacial score (nSPS) is 19.3. The summed E-state index contributed by atoms with van der Waals surface area (Å²) >= 11 is 0. The van der Waals surface area contributed by atoms with Gasteiger partial charge in [0.2, 0.25) is 10.0 Å². The van der Waals surface area contributed by atoms with Crippen molar-refractivity contribution in [1.29, 1.82) is 0 Å². The van der Waals surface area contributed by atoms with E-state index in [1.165, 1.54) is 18.6 Å². The minimum absolute atomic E-state index is 0. The molecule has 18 heavy (non-hydrogen) atoms. The molecule has 1 saturated heterocycles. The molecule has 1 atom stereocenters. The number of primary sulfonamides is 1. The van der Waals surface area contributed by atoms with Crippen LogP contribution in [0, 0.1) is 0 Å². The van der Waals surface area contributed by atoms with Crippen molar-refractivity contribution in [2.24, 2.45) is 5.14 Å². The first-order chi connectivity index (χ1) is 8.05. The fourth-order valence-electron chi connectivity index (χ4n) is 1.82. The van der Waals surface area contributed by atoms with E-state index in [1.54, 1.807) is 12.1 Å². The molecular formula is C11H17ClN2O3S. The molecule has 1 unspecified atom stereocenters. The third-order valence-electron chi connectivity index (χ3n) is 2.77. The molecule has 0 radical (unpaired) electrons. The maximum atomic E-state index is 11.0. The van der Waals surface area contributed by atoms with Crippen molar-refractivity contribution in [2.75, 3.05) is 13.2 Å². The molecule has 1 aliphatic rings. The minimum atomic E-state index is -3.62. The van der Waals surface area contributed by atoms with E-state index >= 15 is 0 Å². The highest BCUT2D eigenvalue weighted by atomic mass is 35.5. The fourth-order valence-corrected chi connectivity index (χ4v) is 2.34. The zero-order valence-corrected chi connectivity index (χ0v) is 11.5. The molecule has 7 heteroatoms. The zero-order valence-electron chi connectivity index (χ0n) is 9.83. The second-order valence-electron chi connectivity index (χ2n) is 4.12. The van der Waals surface area contributed by atoms with Gasteiger partial charge >= 0.3 is 0 Å². The lowest BCUT2D eigenvalue weighted by atomic mass is 10.2. The van der Waals surface area contributed by atoms with E-state index in [2.05, 4.69) is 5.32 Å². The summed E-state index contributed by atoms with van der Waals surface area (Å²) < 4.78 is 27.6. The van der Waals surface area contributed by atoms with Crippen LogP contribution in [0.2, 0.25) is 0 Å². The summed E-state index contributed by atoms with van der Waals surface area (Å²) in [5.41, 5.74) is 0. The highest BCUT2D eigenvalue weighted by Gasteiger charge is 2.14. The second-order valence-corrected chi connectivity index (χ2v) is 5.68. The number of ether oxygens (including phenoxy) is 1. The fraction of sp³-hybridized carbons (Fsp3) is 0.455. The number of halogens is 1. The second kappa shape index (κ2) is 6.38. The summed E-state index contributed by atoms with van der Waals surface area (Å²) in [6.45, 7) is 1.65. The van der Waals surface area contributed by atoms with E-state index in [9.17, 15) is 8.42 Å². The molecule has 0 spiro atoms. The standard InChI is InChI=1S/C11H16N2O3S.ClH/c12-17(14,15)11-5-3-10(4-6-11)16-8-9-2-1-7-13-9;/h3-6,9,13H,1-2,7-8H2,(H2,12,14,15);1H. The lowest BCUT2D eigenvalue weighted by Crippen LogP contribution is -2.28. The summed E-state index contributed by atoms with van der Waals surface area (Å²) in [5, 5.41) is 8.32. The van der Waals surface area contributed by atoms with Crippen LogP contribution in [-0.2, 0) is 10.0 Å². The van der Waals surface area contributed by atoms with Gasteiger partial charge in [-0.25, -0.2) is 13.6 Å². The van der Waals surface area contributed by atoms with Crippen LogP contribution >= 0.6 is 12.4 Å². The summed E-state index contributed by atoms with van der Waals surface area (Å²) in [7, 11) is -3.62. The molecule has 1 aliphatic heterocycles. The first-order valence-electron chi connectivity index (χ1n) is 5.55. The van der Waals surface area contributed by atoms with E-state index < -0.39 is 10.0 Å². The molecule has 102 valence electrons. The van der Waals surface area contributed by atoms with E-state index in [4.69, 9.17) is 9.88 Å². The van der Waals surface area contributed by atoms with Crippen LogP contribution in [0.3, 0.4) is 0 Å². The Kier molecular flexibility index (Phi) is 5.40. The van der Waals surface area contributed by atoms with E-state index in [1.807, 2.05) is 0 Å². The summed E-state index contributed by atoms with van der Waals surface area (Å²) in [5.74, 6) is 0.658. The maximum absolute atomic E-state index is 11.0. The molecule has 3 N–H and O–H groups in total.